The Morgan fingerprint density at radius 3 is 2.64 bits per heavy atom. The van der Waals surface area contributed by atoms with E-state index in [2.05, 4.69) is 15.5 Å². The van der Waals surface area contributed by atoms with Crippen molar-refractivity contribution in [1.29, 1.82) is 0 Å². The number of carbonyl (C=O) groups excluding carboxylic acids is 2. The summed E-state index contributed by atoms with van der Waals surface area (Å²) in [6.45, 7) is 1.80. The van der Waals surface area contributed by atoms with Gasteiger partial charge in [0.2, 0.25) is 16.9 Å². The number of piperidine rings is 1. The number of aromatic nitrogens is 2. The SMILES string of the molecule is COc1ccc(CNc2nnc(SCC(=O)N3CCC(C(N)=O)CC3)s2)cc1. The summed E-state index contributed by atoms with van der Waals surface area (Å²) >= 11 is 2.81. The number of carbonyl (C=O) groups is 2. The highest BCUT2D eigenvalue weighted by molar-refractivity contribution is 8.01. The molecule has 8 nitrogen and oxygen atoms in total. The van der Waals surface area contributed by atoms with Crippen LogP contribution >= 0.6 is 23.1 Å². The number of benzene rings is 1. The molecule has 1 aromatic carbocycles. The van der Waals surface area contributed by atoms with Gasteiger partial charge in [-0.1, -0.05) is 35.2 Å². The standard InChI is InChI=1S/C18H23N5O3S2/c1-26-14-4-2-12(3-5-14)10-20-17-21-22-18(28-17)27-11-15(24)23-8-6-13(7-9-23)16(19)25/h2-5,13H,6-11H2,1H3,(H2,19,25)(H,20,21). The van der Waals surface area contributed by atoms with Gasteiger partial charge in [-0.2, -0.15) is 0 Å². The molecule has 1 aliphatic heterocycles. The molecule has 0 atom stereocenters. The summed E-state index contributed by atoms with van der Waals surface area (Å²) in [5.41, 5.74) is 6.44. The van der Waals surface area contributed by atoms with Crippen LogP contribution in [0.4, 0.5) is 5.13 Å². The van der Waals surface area contributed by atoms with E-state index in [1.807, 2.05) is 24.3 Å². The van der Waals surface area contributed by atoms with Crippen molar-refractivity contribution in [3.63, 3.8) is 0 Å². The Kier molecular flexibility index (Phi) is 7.10. The number of methoxy groups -OCH3 is 1. The highest BCUT2D eigenvalue weighted by Gasteiger charge is 2.25. The summed E-state index contributed by atoms with van der Waals surface area (Å²) < 4.78 is 5.89. The first-order valence-corrected chi connectivity index (χ1v) is 10.8. The van der Waals surface area contributed by atoms with Crippen molar-refractivity contribution < 1.29 is 14.3 Å². The van der Waals surface area contributed by atoms with Gasteiger partial charge in [0.25, 0.3) is 0 Å². The lowest BCUT2D eigenvalue weighted by atomic mass is 9.96. The normalized spacial score (nSPS) is 14.7. The van der Waals surface area contributed by atoms with Gasteiger partial charge in [-0.25, -0.2) is 0 Å². The maximum Gasteiger partial charge on any atom is 0.233 e. The van der Waals surface area contributed by atoms with Gasteiger partial charge in [0.15, 0.2) is 4.34 Å². The van der Waals surface area contributed by atoms with Gasteiger partial charge in [-0.3, -0.25) is 9.59 Å². The number of hydrogen-bond acceptors (Lipinski definition) is 8. The van der Waals surface area contributed by atoms with Gasteiger partial charge in [0.05, 0.1) is 12.9 Å². The molecular formula is C18H23N5O3S2. The number of nitrogens with two attached hydrogens (primary N) is 1. The molecule has 1 fully saturated rings. The number of hydrogen-bond donors (Lipinski definition) is 2. The second-order valence-corrected chi connectivity index (χ2v) is 8.62. The van der Waals surface area contributed by atoms with Gasteiger partial charge >= 0.3 is 0 Å². The second-order valence-electron chi connectivity index (χ2n) is 6.42. The lowest BCUT2D eigenvalue weighted by molar-refractivity contribution is -0.132. The summed E-state index contributed by atoms with van der Waals surface area (Å²) in [6, 6.07) is 7.80. The topological polar surface area (TPSA) is 110 Å². The minimum Gasteiger partial charge on any atom is -0.497 e. The molecular weight excluding hydrogens is 398 g/mol. The van der Waals surface area contributed by atoms with Crippen LogP contribution in [0.3, 0.4) is 0 Å². The van der Waals surface area contributed by atoms with Crippen LogP contribution in [0.1, 0.15) is 18.4 Å². The molecule has 2 aromatic rings. The Balaban J connectivity index is 1.41. The average molecular weight is 422 g/mol. The Bertz CT molecular complexity index is 804. The van der Waals surface area contributed by atoms with E-state index in [9.17, 15) is 9.59 Å². The number of nitrogens with one attached hydrogen (secondary N) is 1. The molecule has 1 aromatic heterocycles. The fourth-order valence-electron chi connectivity index (χ4n) is 2.89. The van der Waals surface area contributed by atoms with Crippen molar-refractivity contribution in [3.05, 3.63) is 29.8 Å². The lowest BCUT2D eigenvalue weighted by Crippen LogP contribution is -2.42. The van der Waals surface area contributed by atoms with Gasteiger partial charge in [0.1, 0.15) is 5.75 Å². The highest BCUT2D eigenvalue weighted by Crippen LogP contribution is 2.27. The number of likely N-dealkylation sites (tertiary alicyclic amines) is 1. The predicted octanol–water partition coefficient (Wildman–Crippen LogP) is 1.97. The molecule has 0 saturated carbocycles. The first-order valence-electron chi connectivity index (χ1n) is 8.95. The van der Waals surface area contributed by atoms with Crippen LogP contribution in [-0.2, 0) is 16.1 Å². The lowest BCUT2D eigenvalue weighted by Gasteiger charge is -2.30. The Morgan fingerprint density at radius 2 is 2.00 bits per heavy atom. The monoisotopic (exact) mass is 421 g/mol. The van der Waals surface area contributed by atoms with Gasteiger partial charge in [-0.05, 0) is 30.5 Å². The Hall–Kier alpha value is -2.33. The van der Waals surface area contributed by atoms with Crippen LogP contribution < -0.4 is 15.8 Å². The van der Waals surface area contributed by atoms with E-state index in [1.165, 1.54) is 23.1 Å². The average Bonchev–Trinajstić information content (AvgIpc) is 3.19. The molecule has 28 heavy (non-hydrogen) atoms. The first kappa shape index (κ1) is 20.4. The van der Waals surface area contributed by atoms with E-state index < -0.39 is 0 Å². The minimum absolute atomic E-state index is 0.0517. The van der Waals surface area contributed by atoms with Crippen LogP contribution in [0.25, 0.3) is 0 Å². The number of anilines is 1. The number of amides is 2. The molecule has 0 bridgehead atoms. The summed E-state index contributed by atoms with van der Waals surface area (Å²) in [5, 5.41) is 12.2. The summed E-state index contributed by atoms with van der Waals surface area (Å²) in [4.78, 5) is 25.3. The largest absolute Gasteiger partial charge is 0.497 e. The molecule has 0 radical (unpaired) electrons. The molecule has 1 saturated heterocycles. The zero-order valence-electron chi connectivity index (χ0n) is 15.6. The Morgan fingerprint density at radius 1 is 1.29 bits per heavy atom. The number of thioether (sulfide) groups is 1. The van der Waals surface area contributed by atoms with E-state index >= 15 is 0 Å². The molecule has 0 unspecified atom stereocenters. The van der Waals surface area contributed by atoms with Crippen LogP contribution in [0.2, 0.25) is 0 Å². The quantitative estimate of drug-likeness (QED) is 0.627. The van der Waals surface area contributed by atoms with Crippen molar-refractivity contribution in [2.45, 2.75) is 23.7 Å². The van der Waals surface area contributed by atoms with Crippen molar-refractivity contribution in [2.75, 3.05) is 31.3 Å². The molecule has 150 valence electrons. The van der Waals surface area contributed by atoms with Gasteiger partial charge < -0.3 is 20.7 Å². The number of rotatable bonds is 8. The van der Waals surface area contributed by atoms with Crippen LogP contribution in [-0.4, -0.2) is 52.9 Å². The number of nitrogens with zero attached hydrogens (tertiary/aromatic N) is 3. The molecule has 3 rings (SSSR count). The van der Waals surface area contributed by atoms with E-state index in [0.29, 0.717) is 43.4 Å². The molecule has 2 amide bonds. The Labute approximate surface area is 171 Å². The van der Waals surface area contributed by atoms with E-state index in [0.717, 1.165) is 15.7 Å². The smallest absolute Gasteiger partial charge is 0.233 e. The molecule has 1 aliphatic rings. The van der Waals surface area contributed by atoms with Crippen LogP contribution in [0, 0.1) is 5.92 Å². The summed E-state index contributed by atoms with van der Waals surface area (Å²) in [7, 11) is 1.64. The molecule has 2 heterocycles. The first-order chi connectivity index (χ1) is 13.5. The fourth-order valence-corrected chi connectivity index (χ4v) is 4.54. The molecule has 0 spiro atoms. The van der Waals surface area contributed by atoms with Crippen molar-refractivity contribution in [3.8, 4) is 5.75 Å². The van der Waals surface area contributed by atoms with Crippen LogP contribution in [0.5, 0.6) is 5.75 Å². The van der Waals surface area contributed by atoms with Crippen molar-refractivity contribution in [2.24, 2.45) is 11.7 Å². The van der Waals surface area contributed by atoms with Crippen molar-refractivity contribution in [1.82, 2.24) is 15.1 Å². The van der Waals surface area contributed by atoms with Crippen molar-refractivity contribution >= 4 is 40.0 Å². The molecule has 3 N–H and O–H groups in total. The highest BCUT2D eigenvalue weighted by atomic mass is 32.2. The zero-order chi connectivity index (χ0) is 19.9. The summed E-state index contributed by atoms with van der Waals surface area (Å²) in [5.74, 6) is 0.802. The summed E-state index contributed by atoms with van der Waals surface area (Å²) in [6.07, 6.45) is 1.29. The van der Waals surface area contributed by atoms with E-state index in [4.69, 9.17) is 10.5 Å². The number of primary amides is 1. The molecule has 10 heteroatoms. The fraction of sp³-hybridized carbons (Fsp3) is 0.444. The van der Waals surface area contributed by atoms with Gasteiger partial charge in [0, 0.05) is 25.6 Å². The third-order valence-corrected chi connectivity index (χ3v) is 6.58. The van der Waals surface area contributed by atoms with E-state index in [-0.39, 0.29) is 17.7 Å². The third kappa shape index (κ3) is 5.59. The number of ether oxygens (including phenoxy) is 1. The second kappa shape index (κ2) is 9.74. The molecule has 0 aliphatic carbocycles. The zero-order valence-corrected chi connectivity index (χ0v) is 17.2. The van der Waals surface area contributed by atoms with Gasteiger partial charge in [-0.15, -0.1) is 10.2 Å². The van der Waals surface area contributed by atoms with E-state index in [1.54, 1.807) is 12.0 Å². The maximum atomic E-state index is 12.3. The minimum atomic E-state index is -0.273. The maximum absolute atomic E-state index is 12.3. The third-order valence-electron chi connectivity index (χ3n) is 4.58. The van der Waals surface area contributed by atoms with Crippen LogP contribution in [0.15, 0.2) is 28.6 Å². The predicted molar refractivity (Wildman–Crippen MR) is 109 cm³/mol.